The lowest BCUT2D eigenvalue weighted by molar-refractivity contribution is 0.414. The molecular weight excluding hydrogens is 188 g/mol. The Morgan fingerprint density at radius 1 is 1.00 bits per heavy atom. The van der Waals surface area contributed by atoms with Crippen LogP contribution in [-0.4, -0.2) is 12.2 Å². The minimum absolute atomic E-state index is 0.351. The minimum atomic E-state index is 0.351. The second-order valence-corrected chi connectivity index (χ2v) is 3.68. The van der Waals surface area contributed by atoms with E-state index in [2.05, 4.69) is 0 Å². The molecule has 2 aromatic carbocycles. The number of benzene rings is 2. The summed E-state index contributed by atoms with van der Waals surface area (Å²) in [4.78, 5) is 0. The van der Waals surface area contributed by atoms with E-state index in [1.807, 2.05) is 38.1 Å². The third-order valence-corrected chi connectivity index (χ3v) is 2.89. The van der Waals surface area contributed by atoms with Gasteiger partial charge in [-0.3, -0.25) is 0 Å². The summed E-state index contributed by atoms with van der Waals surface area (Å²) in [5, 5.41) is 11.8. The van der Waals surface area contributed by atoms with Gasteiger partial charge in [-0.25, -0.2) is 0 Å². The first-order valence-corrected chi connectivity index (χ1v) is 4.91. The molecule has 0 unspecified atom stereocenters. The average Bonchev–Trinajstić information content (AvgIpc) is 2.27. The molecule has 2 rings (SSSR count). The molecule has 15 heavy (non-hydrogen) atoms. The molecule has 0 spiro atoms. The molecule has 0 amide bonds. The van der Waals surface area contributed by atoms with Crippen molar-refractivity contribution in [2.75, 3.05) is 7.11 Å². The highest BCUT2D eigenvalue weighted by Crippen LogP contribution is 2.38. The monoisotopic (exact) mass is 202 g/mol. The largest absolute Gasteiger partial charge is 0.507 e. The van der Waals surface area contributed by atoms with Crippen molar-refractivity contribution in [3.05, 3.63) is 35.4 Å². The Labute approximate surface area is 89.1 Å². The smallest absolute Gasteiger partial charge is 0.130 e. The molecule has 0 atom stereocenters. The molecule has 1 N–H and O–H groups in total. The van der Waals surface area contributed by atoms with E-state index < -0.39 is 0 Å². The third-order valence-electron chi connectivity index (χ3n) is 2.89. The van der Waals surface area contributed by atoms with Crippen LogP contribution in [0.15, 0.2) is 24.3 Å². The van der Waals surface area contributed by atoms with Gasteiger partial charge in [-0.2, -0.15) is 0 Å². The van der Waals surface area contributed by atoms with Gasteiger partial charge in [-0.1, -0.05) is 24.3 Å². The lowest BCUT2D eigenvalue weighted by Gasteiger charge is -2.13. The van der Waals surface area contributed by atoms with Crippen LogP contribution in [0.5, 0.6) is 11.5 Å². The highest BCUT2D eigenvalue weighted by Gasteiger charge is 2.12. The van der Waals surface area contributed by atoms with E-state index in [4.69, 9.17) is 4.74 Å². The van der Waals surface area contributed by atoms with Crippen molar-refractivity contribution in [2.24, 2.45) is 0 Å². The molecule has 2 aromatic rings. The van der Waals surface area contributed by atoms with Crippen LogP contribution in [-0.2, 0) is 0 Å². The average molecular weight is 202 g/mol. The summed E-state index contributed by atoms with van der Waals surface area (Å²) in [6.07, 6.45) is 0. The number of phenolic OH excluding ortho intramolecular Hbond substituents is 1. The minimum Gasteiger partial charge on any atom is -0.507 e. The van der Waals surface area contributed by atoms with Gasteiger partial charge in [-0.15, -0.1) is 0 Å². The number of aromatic hydroxyl groups is 1. The number of methoxy groups -OCH3 is 1. The standard InChI is InChI=1S/C13H14O2/c1-8-9(2)13(15-3)11-7-5-4-6-10(11)12(8)14/h4-7,14H,1-3H3. The SMILES string of the molecule is COc1c(C)c(C)c(O)c2ccccc12. The van der Waals surface area contributed by atoms with E-state index >= 15 is 0 Å². The molecule has 2 nitrogen and oxygen atoms in total. The molecule has 0 aromatic heterocycles. The summed E-state index contributed by atoms with van der Waals surface area (Å²) < 4.78 is 5.38. The predicted molar refractivity (Wildman–Crippen MR) is 61.6 cm³/mol. The maximum atomic E-state index is 10.0. The van der Waals surface area contributed by atoms with Crippen LogP contribution < -0.4 is 4.74 Å². The molecule has 2 heteroatoms. The zero-order valence-electron chi connectivity index (χ0n) is 9.16. The van der Waals surface area contributed by atoms with Gasteiger partial charge in [0.25, 0.3) is 0 Å². The lowest BCUT2D eigenvalue weighted by atomic mass is 10.00. The number of rotatable bonds is 1. The molecule has 0 fully saturated rings. The van der Waals surface area contributed by atoms with Gasteiger partial charge in [0, 0.05) is 10.8 Å². The van der Waals surface area contributed by atoms with Crippen molar-refractivity contribution in [3.8, 4) is 11.5 Å². The molecule has 0 saturated heterocycles. The molecule has 0 aliphatic rings. The van der Waals surface area contributed by atoms with Gasteiger partial charge >= 0.3 is 0 Å². The Bertz CT molecular complexity index is 515. The summed E-state index contributed by atoms with van der Waals surface area (Å²) in [6.45, 7) is 3.86. The first-order chi connectivity index (χ1) is 7.16. The third kappa shape index (κ3) is 1.33. The van der Waals surface area contributed by atoms with E-state index in [-0.39, 0.29) is 0 Å². The van der Waals surface area contributed by atoms with E-state index in [0.29, 0.717) is 5.75 Å². The number of ether oxygens (including phenoxy) is 1. The highest BCUT2D eigenvalue weighted by molar-refractivity contribution is 5.95. The van der Waals surface area contributed by atoms with Gasteiger partial charge in [0.2, 0.25) is 0 Å². The molecule has 0 bridgehead atoms. The molecule has 0 aliphatic carbocycles. The Balaban J connectivity index is 2.98. The van der Waals surface area contributed by atoms with Crippen molar-refractivity contribution in [3.63, 3.8) is 0 Å². The van der Waals surface area contributed by atoms with Gasteiger partial charge < -0.3 is 9.84 Å². The maximum absolute atomic E-state index is 10.0. The van der Waals surface area contributed by atoms with Crippen LogP contribution in [0.4, 0.5) is 0 Å². The normalized spacial score (nSPS) is 10.6. The summed E-state index contributed by atoms with van der Waals surface area (Å²) >= 11 is 0. The van der Waals surface area contributed by atoms with Crippen LogP contribution in [0.25, 0.3) is 10.8 Å². The Hall–Kier alpha value is -1.70. The van der Waals surface area contributed by atoms with Crippen LogP contribution in [0.3, 0.4) is 0 Å². The molecule has 0 radical (unpaired) electrons. The second-order valence-electron chi connectivity index (χ2n) is 3.68. The quantitative estimate of drug-likeness (QED) is 0.769. The molecule has 0 saturated carbocycles. The summed E-state index contributed by atoms with van der Waals surface area (Å²) in [6, 6.07) is 7.72. The van der Waals surface area contributed by atoms with Crippen molar-refractivity contribution < 1.29 is 9.84 Å². The van der Waals surface area contributed by atoms with Crippen molar-refractivity contribution >= 4 is 10.8 Å². The lowest BCUT2D eigenvalue weighted by Crippen LogP contribution is -1.92. The van der Waals surface area contributed by atoms with E-state index in [0.717, 1.165) is 27.6 Å². The van der Waals surface area contributed by atoms with Crippen LogP contribution in [0, 0.1) is 13.8 Å². The number of hydrogen-bond acceptors (Lipinski definition) is 2. The highest BCUT2D eigenvalue weighted by atomic mass is 16.5. The van der Waals surface area contributed by atoms with E-state index in [9.17, 15) is 5.11 Å². The Kier molecular flexibility index (Phi) is 2.27. The topological polar surface area (TPSA) is 29.5 Å². The summed E-state index contributed by atoms with van der Waals surface area (Å²) in [7, 11) is 1.66. The second kappa shape index (κ2) is 3.46. The molecular formula is C13H14O2. The van der Waals surface area contributed by atoms with Crippen LogP contribution in [0.2, 0.25) is 0 Å². The van der Waals surface area contributed by atoms with Crippen molar-refractivity contribution in [1.82, 2.24) is 0 Å². The number of hydrogen-bond donors (Lipinski definition) is 1. The zero-order chi connectivity index (χ0) is 11.0. The van der Waals surface area contributed by atoms with Crippen LogP contribution in [0.1, 0.15) is 11.1 Å². The van der Waals surface area contributed by atoms with Gasteiger partial charge in [-0.05, 0) is 25.0 Å². The first-order valence-electron chi connectivity index (χ1n) is 4.91. The number of fused-ring (bicyclic) bond motifs is 1. The molecule has 78 valence electrons. The van der Waals surface area contributed by atoms with Crippen molar-refractivity contribution in [1.29, 1.82) is 0 Å². The Morgan fingerprint density at radius 2 is 1.60 bits per heavy atom. The zero-order valence-corrected chi connectivity index (χ0v) is 9.16. The van der Waals surface area contributed by atoms with Crippen molar-refractivity contribution in [2.45, 2.75) is 13.8 Å². The summed E-state index contributed by atoms with van der Waals surface area (Å²) in [5.41, 5.74) is 1.87. The number of phenols is 1. The van der Waals surface area contributed by atoms with Gasteiger partial charge in [0.15, 0.2) is 0 Å². The Morgan fingerprint density at radius 3 is 2.20 bits per heavy atom. The van der Waals surface area contributed by atoms with E-state index in [1.165, 1.54) is 0 Å². The fourth-order valence-electron chi connectivity index (χ4n) is 1.90. The fourth-order valence-corrected chi connectivity index (χ4v) is 1.90. The van der Waals surface area contributed by atoms with E-state index in [1.54, 1.807) is 7.11 Å². The predicted octanol–water partition coefficient (Wildman–Crippen LogP) is 3.17. The summed E-state index contributed by atoms with van der Waals surface area (Å²) in [5.74, 6) is 1.20. The maximum Gasteiger partial charge on any atom is 0.130 e. The van der Waals surface area contributed by atoms with Crippen LogP contribution >= 0.6 is 0 Å². The van der Waals surface area contributed by atoms with Gasteiger partial charge in [0.05, 0.1) is 7.11 Å². The fraction of sp³-hybridized carbons (Fsp3) is 0.231. The first kappa shape index (κ1) is 9.84. The van der Waals surface area contributed by atoms with Gasteiger partial charge in [0.1, 0.15) is 11.5 Å². The molecule has 0 aliphatic heterocycles. The molecule has 0 heterocycles.